The number of benzene rings is 1. The Morgan fingerprint density at radius 1 is 1.25 bits per heavy atom. The molecular formula is C16H22Cl2N2. The zero-order valence-corrected chi connectivity index (χ0v) is 13.4. The van der Waals surface area contributed by atoms with Gasteiger partial charge in [0, 0.05) is 25.2 Å². The summed E-state index contributed by atoms with van der Waals surface area (Å²) in [4.78, 5) is 2.56. The highest BCUT2D eigenvalue weighted by Crippen LogP contribution is 2.35. The Kier molecular flexibility index (Phi) is 4.56. The van der Waals surface area contributed by atoms with Crippen molar-refractivity contribution in [3.05, 3.63) is 33.8 Å². The lowest BCUT2D eigenvalue weighted by molar-refractivity contribution is 0.191. The molecule has 3 rings (SSSR count). The van der Waals surface area contributed by atoms with Crippen molar-refractivity contribution in [2.45, 2.75) is 44.8 Å². The van der Waals surface area contributed by atoms with Crippen molar-refractivity contribution in [1.82, 2.24) is 10.2 Å². The lowest BCUT2D eigenvalue weighted by Crippen LogP contribution is -2.40. The van der Waals surface area contributed by atoms with Gasteiger partial charge in [-0.3, -0.25) is 4.90 Å². The second-order valence-electron chi connectivity index (χ2n) is 6.18. The predicted octanol–water partition coefficient (Wildman–Crippen LogP) is 3.96. The quantitative estimate of drug-likeness (QED) is 0.909. The van der Waals surface area contributed by atoms with Gasteiger partial charge in [0.25, 0.3) is 0 Å². The van der Waals surface area contributed by atoms with Gasteiger partial charge >= 0.3 is 0 Å². The summed E-state index contributed by atoms with van der Waals surface area (Å²) in [5.74, 6) is 0.887. The first-order valence-electron chi connectivity index (χ1n) is 7.55. The van der Waals surface area contributed by atoms with Crippen molar-refractivity contribution in [2.24, 2.45) is 5.92 Å². The van der Waals surface area contributed by atoms with E-state index in [-0.39, 0.29) is 0 Å². The Balaban J connectivity index is 1.74. The fraction of sp³-hybridized carbons (Fsp3) is 0.625. The third-order valence-corrected chi connectivity index (χ3v) is 5.48. The van der Waals surface area contributed by atoms with Gasteiger partial charge in [-0.05, 0) is 50.3 Å². The average Bonchev–Trinajstić information content (AvgIpc) is 3.25. The molecule has 1 aliphatic heterocycles. The number of hydrogen-bond acceptors (Lipinski definition) is 2. The second kappa shape index (κ2) is 6.23. The van der Waals surface area contributed by atoms with Crippen LogP contribution in [0.5, 0.6) is 0 Å². The minimum atomic E-state index is 0.585. The fourth-order valence-corrected chi connectivity index (χ4v) is 3.46. The van der Waals surface area contributed by atoms with E-state index in [1.54, 1.807) is 0 Å². The van der Waals surface area contributed by atoms with Crippen molar-refractivity contribution in [2.75, 3.05) is 13.1 Å². The molecule has 0 amide bonds. The molecule has 4 heteroatoms. The Labute approximate surface area is 131 Å². The van der Waals surface area contributed by atoms with Gasteiger partial charge in [-0.2, -0.15) is 0 Å². The summed E-state index contributed by atoms with van der Waals surface area (Å²) >= 11 is 12.5. The average molecular weight is 313 g/mol. The van der Waals surface area contributed by atoms with Crippen molar-refractivity contribution in [3.8, 4) is 0 Å². The van der Waals surface area contributed by atoms with E-state index in [1.807, 2.05) is 12.1 Å². The molecule has 0 spiro atoms. The van der Waals surface area contributed by atoms with Gasteiger partial charge in [-0.15, -0.1) is 0 Å². The molecule has 0 aromatic heterocycles. The lowest BCUT2D eigenvalue weighted by Gasteiger charge is -2.29. The Bertz CT molecular complexity index is 474. The maximum Gasteiger partial charge on any atom is 0.0637 e. The molecule has 2 aliphatic rings. The summed E-state index contributed by atoms with van der Waals surface area (Å²) in [5.41, 5.74) is 1.14. The zero-order valence-electron chi connectivity index (χ0n) is 11.9. The topological polar surface area (TPSA) is 15.3 Å². The van der Waals surface area contributed by atoms with Gasteiger partial charge in [-0.1, -0.05) is 35.3 Å². The second-order valence-corrected chi connectivity index (χ2v) is 6.96. The maximum atomic E-state index is 6.34. The van der Waals surface area contributed by atoms with E-state index in [4.69, 9.17) is 23.2 Å². The minimum Gasteiger partial charge on any atom is -0.312 e. The Hall–Kier alpha value is -0.280. The fourth-order valence-electron chi connectivity index (χ4n) is 3.08. The highest BCUT2D eigenvalue weighted by Gasteiger charge is 2.34. The van der Waals surface area contributed by atoms with E-state index in [2.05, 4.69) is 23.2 Å². The highest BCUT2D eigenvalue weighted by atomic mass is 35.5. The van der Waals surface area contributed by atoms with Gasteiger partial charge in [0.05, 0.1) is 10.0 Å². The third kappa shape index (κ3) is 3.30. The molecule has 1 N–H and O–H groups in total. The SMILES string of the molecule is CC1CCNC(C2CC2)CN1Cc1cccc(Cl)c1Cl. The molecule has 1 saturated heterocycles. The molecule has 1 heterocycles. The molecule has 20 heavy (non-hydrogen) atoms. The predicted molar refractivity (Wildman–Crippen MR) is 85.5 cm³/mol. The largest absolute Gasteiger partial charge is 0.312 e. The molecular weight excluding hydrogens is 291 g/mol. The molecule has 2 nitrogen and oxygen atoms in total. The van der Waals surface area contributed by atoms with Crippen LogP contribution in [0.25, 0.3) is 0 Å². The third-order valence-electron chi connectivity index (χ3n) is 4.62. The van der Waals surface area contributed by atoms with Crippen LogP contribution in [0.2, 0.25) is 10.0 Å². The highest BCUT2D eigenvalue weighted by molar-refractivity contribution is 6.42. The molecule has 0 bridgehead atoms. The number of nitrogens with zero attached hydrogens (tertiary/aromatic N) is 1. The van der Waals surface area contributed by atoms with Crippen LogP contribution in [0.3, 0.4) is 0 Å². The van der Waals surface area contributed by atoms with E-state index in [0.29, 0.717) is 22.1 Å². The summed E-state index contributed by atoms with van der Waals surface area (Å²) in [5, 5.41) is 5.08. The smallest absolute Gasteiger partial charge is 0.0637 e. The number of nitrogens with one attached hydrogen (secondary N) is 1. The van der Waals surface area contributed by atoms with Crippen LogP contribution >= 0.6 is 23.2 Å². The van der Waals surface area contributed by atoms with Gasteiger partial charge < -0.3 is 5.32 Å². The van der Waals surface area contributed by atoms with Gasteiger partial charge in [0.15, 0.2) is 0 Å². The van der Waals surface area contributed by atoms with E-state index >= 15 is 0 Å². The van der Waals surface area contributed by atoms with Crippen molar-refractivity contribution in [1.29, 1.82) is 0 Å². The molecule has 1 aromatic carbocycles. The van der Waals surface area contributed by atoms with E-state index in [0.717, 1.165) is 31.1 Å². The molecule has 2 atom stereocenters. The van der Waals surface area contributed by atoms with Crippen molar-refractivity contribution >= 4 is 23.2 Å². The first kappa shape index (κ1) is 14.6. The Morgan fingerprint density at radius 3 is 2.80 bits per heavy atom. The summed E-state index contributed by atoms with van der Waals surface area (Å²) in [6.45, 7) is 5.46. The van der Waals surface area contributed by atoms with E-state index in [1.165, 1.54) is 19.3 Å². The number of hydrogen-bond donors (Lipinski definition) is 1. The zero-order chi connectivity index (χ0) is 14.1. The van der Waals surface area contributed by atoms with Crippen molar-refractivity contribution in [3.63, 3.8) is 0 Å². The monoisotopic (exact) mass is 312 g/mol. The summed E-state index contributed by atoms with van der Waals surface area (Å²) in [6, 6.07) is 7.17. The van der Waals surface area contributed by atoms with Crippen LogP contribution in [0.1, 0.15) is 31.7 Å². The minimum absolute atomic E-state index is 0.585. The molecule has 2 fully saturated rings. The summed E-state index contributed by atoms with van der Waals surface area (Å²) in [7, 11) is 0. The molecule has 110 valence electrons. The lowest BCUT2D eigenvalue weighted by atomic mass is 10.1. The molecule has 2 unspecified atom stereocenters. The van der Waals surface area contributed by atoms with Crippen LogP contribution < -0.4 is 5.32 Å². The normalized spacial score (nSPS) is 28.4. The molecule has 1 saturated carbocycles. The van der Waals surface area contributed by atoms with Crippen LogP contribution in [0, 0.1) is 5.92 Å². The van der Waals surface area contributed by atoms with Gasteiger partial charge in [-0.25, -0.2) is 0 Å². The van der Waals surface area contributed by atoms with E-state index < -0.39 is 0 Å². The van der Waals surface area contributed by atoms with Crippen LogP contribution in [-0.4, -0.2) is 30.1 Å². The van der Waals surface area contributed by atoms with Crippen LogP contribution in [0.4, 0.5) is 0 Å². The van der Waals surface area contributed by atoms with Crippen LogP contribution in [-0.2, 0) is 6.54 Å². The first-order valence-corrected chi connectivity index (χ1v) is 8.31. The molecule has 1 aliphatic carbocycles. The molecule has 0 radical (unpaired) electrons. The summed E-state index contributed by atoms with van der Waals surface area (Å²) < 4.78 is 0. The number of halogens is 2. The van der Waals surface area contributed by atoms with E-state index in [9.17, 15) is 0 Å². The number of rotatable bonds is 3. The van der Waals surface area contributed by atoms with Crippen LogP contribution in [0.15, 0.2) is 18.2 Å². The summed E-state index contributed by atoms with van der Waals surface area (Å²) in [6.07, 6.45) is 3.97. The Morgan fingerprint density at radius 2 is 2.05 bits per heavy atom. The van der Waals surface area contributed by atoms with Crippen molar-refractivity contribution < 1.29 is 0 Å². The first-order chi connectivity index (χ1) is 9.65. The maximum absolute atomic E-state index is 6.34. The standard InChI is InChI=1S/C16H22Cl2N2/c1-11-7-8-19-15(12-5-6-12)10-20(11)9-13-3-2-4-14(17)16(13)18/h2-4,11-12,15,19H,5-10H2,1H3. The van der Waals surface area contributed by atoms with Gasteiger partial charge in [0.1, 0.15) is 0 Å². The molecule has 1 aromatic rings. The van der Waals surface area contributed by atoms with Gasteiger partial charge in [0.2, 0.25) is 0 Å².